The third-order valence-corrected chi connectivity index (χ3v) is 1.59. The maximum absolute atomic E-state index is 11.9. The topological polar surface area (TPSA) is 82.3 Å². The van der Waals surface area contributed by atoms with Gasteiger partial charge in [0.2, 0.25) is 0 Å². The molecule has 0 spiro atoms. The molecule has 5 nitrogen and oxygen atoms in total. The van der Waals surface area contributed by atoms with Gasteiger partial charge in [0.1, 0.15) is 11.8 Å². The number of anilines is 1. The highest BCUT2D eigenvalue weighted by atomic mass is 19.4. The Balaban J connectivity index is 3.01. The van der Waals surface area contributed by atoms with E-state index in [4.69, 9.17) is 10.4 Å². The molecule has 1 aromatic carbocycles. The zero-order chi connectivity index (χ0) is 13.1. The lowest BCUT2D eigenvalue weighted by Crippen LogP contribution is -2.17. The number of ether oxygens (including phenoxy) is 1. The molecule has 0 unspecified atom stereocenters. The van der Waals surface area contributed by atoms with Crippen molar-refractivity contribution in [3.8, 4) is 11.8 Å². The fourth-order valence-electron chi connectivity index (χ4n) is 1.04. The second kappa shape index (κ2) is 4.61. The summed E-state index contributed by atoms with van der Waals surface area (Å²) in [5.74, 6) is -0.593. The van der Waals surface area contributed by atoms with Gasteiger partial charge in [-0.2, -0.15) is 5.26 Å². The number of carboxylic acid groups (broad SMARTS) is 1. The fraction of sp³-hybridized carbons (Fsp3) is 0.111. The predicted octanol–water partition coefficient (Wildman–Crippen LogP) is 2.55. The van der Waals surface area contributed by atoms with Crippen molar-refractivity contribution < 1.29 is 27.8 Å². The molecule has 0 bridgehead atoms. The molecule has 0 aliphatic carbocycles. The van der Waals surface area contributed by atoms with E-state index in [2.05, 4.69) is 4.74 Å². The van der Waals surface area contributed by atoms with E-state index in [9.17, 15) is 18.0 Å². The van der Waals surface area contributed by atoms with E-state index in [0.717, 1.165) is 18.2 Å². The summed E-state index contributed by atoms with van der Waals surface area (Å²) in [4.78, 5) is 10.3. The molecule has 0 saturated carbocycles. The summed E-state index contributed by atoms with van der Waals surface area (Å²) >= 11 is 0. The van der Waals surface area contributed by atoms with Crippen LogP contribution in [0.25, 0.3) is 0 Å². The van der Waals surface area contributed by atoms with Crippen LogP contribution < -0.4 is 10.1 Å². The molecule has 0 fully saturated rings. The van der Waals surface area contributed by atoms with Crippen molar-refractivity contribution in [2.45, 2.75) is 6.36 Å². The molecule has 0 saturated heterocycles. The Bertz CT molecular complexity index is 479. The summed E-state index contributed by atoms with van der Waals surface area (Å²) in [6.45, 7) is 0. The Morgan fingerprint density at radius 2 is 2.12 bits per heavy atom. The first-order valence-electron chi connectivity index (χ1n) is 4.11. The van der Waals surface area contributed by atoms with E-state index in [1.54, 1.807) is 6.07 Å². The summed E-state index contributed by atoms with van der Waals surface area (Å²) in [7, 11) is 0. The van der Waals surface area contributed by atoms with E-state index in [1.807, 2.05) is 5.32 Å². The van der Waals surface area contributed by atoms with Crippen molar-refractivity contribution in [1.82, 2.24) is 0 Å². The SMILES string of the molecule is N#Cc1cc(OC(F)(F)F)ccc1NC(=O)O. The Labute approximate surface area is 93.0 Å². The van der Waals surface area contributed by atoms with Crippen molar-refractivity contribution >= 4 is 11.8 Å². The van der Waals surface area contributed by atoms with Gasteiger partial charge in [0.05, 0.1) is 11.3 Å². The monoisotopic (exact) mass is 246 g/mol. The first-order chi connectivity index (χ1) is 7.81. The Morgan fingerprint density at radius 3 is 2.59 bits per heavy atom. The van der Waals surface area contributed by atoms with Gasteiger partial charge < -0.3 is 9.84 Å². The average Bonchev–Trinajstić information content (AvgIpc) is 2.17. The Kier molecular flexibility index (Phi) is 3.43. The molecule has 1 rings (SSSR count). The minimum Gasteiger partial charge on any atom is -0.465 e. The third kappa shape index (κ3) is 3.90. The van der Waals surface area contributed by atoms with Crippen molar-refractivity contribution in [3.05, 3.63) is 23.8 Å². The van der Waals surface area contributed by atoms with Gasteiger partial charge in [-0.3, -0.25) is 5.32 Å². The highest BCUT2D eigenvalue weighted by Crippen LogP contribution is 2.26. The second-order valence-electron chi connectivity index (χ2n) is 2.80. The summed E-state index contributed by atoms with van der Waals surface area (Å²) in [5.41, 5.74) is -0.385. The van der Waals surface area contributed by atoms with Crippen molar-refractivity contribution in [2.24, 2.45) is 0 Å². The summed E-state index contributed by atoms with van der Waals surface area (Å²) in [5, 5.41) is 18.9. The number of nitriles is 1. The number of nitrogens with one attached hydrogen (secondary N) is 1. The van der Waals surface area contributed by atoms with Gasteiger partial charge in [0, 0.05) is 6.07 Å². The van der Waals surface area contributed by atoms with Gasteiger partial charge in [-0.25, -0.2) is 4.79 Å². The van der Waals surface area contributed by atoms with E-state index in [0.29, 0.717) is 0 Å². The van der Waals surface area contributed by atoms with Gasteiger partial charge in [-0.05, 0) is 12.1 Å². The average molecular weight is 246 g/mol. The standard InChI is InChI=1S/C9H5F3N2O3/c10-9(11,12)17-6-1-2-7(14-8(15)16)5(3-6)4-13/h1-3,14H,(H,15,16). The number of hydrogen-bond donors (Lipinski definition) is 2. The lowest BCUT2D eigenvalue weighted by atomic mass is 10.2. The summed E-state index contributed by atoms with van der Waals surface area (Å²) in [6, 6.07) is 4.25. The van der Waals surface area contributed by atoms with Gasteiger partial charge in [0.25, 0.3) is 0 Å². The van der Waals surface area contributed by atoms with Crippen LogP contribution >= 0.6 is 0 Å². The zero-order valence-electron chi connectivity index (χ0n) is 8.08. The molecule has 1 aromatic rings. The zero-order valence-corrected chi connectivity index (χ0v) is 8.08. The Morgan fingerprint density at radius 1 is 1.47 bits per heavy atom. The minimum atomic E-state index is -4.87. The number of halogens is 3. The third-order valence-electron chi connectivity index (χ3n) is 1.59. The highest BCUT2D eigenvalue weighted by Gasteiger charge is 2.31. The molecule has 17 heavy (non-hydrogen) atoms. The number of alkyl halides is 3. The number of carbonyl (C=O) groups is 1. The summed E-state index contributed by atoms with van der Waals surface area (Å²) < 4.78 is 39.2. The predicted molar refractivity (Wildman–Crippen MR) is 49.5 cm³/mol. The Hall–Kier alpha value is -2.43. The van der Waals surface area contributed by atoms with Crippen LogP contribution in [0.2, 0.25) is 0 Å². The van der Waals surface area contributed by atoms with Gasteiger partial charge in [-0.15, -0.1) is 13.2 Å². The molecule has 1 amide bonds. The van der Waals surface area contributed by atoms with Gasteiger partial charge in [-0.1, -0.05) is 0 Å². The molecule has 2 N–H and O–H groups in total. The molecular weight excluding hydrogens is 241 g/mol. The summed E-state index contributed by atoms with van der Waals surface area (Å²) in [6.07, 6.45) is -6.29. The first-order valence-corrected chi connectivity index (χ1v) is 4.11. The molecule has 0 aliphatic heterocycles. The smallest absolute Gasteiger partial charge is 0.465 e. The number of nitrogens with zero attached hydrogens (tertiary/aromatic N) is 1. The van der Waals surface area contributed by atoms with Crippen LogP contribution in [0.1, 0.15) is 5.56 Å². The van der Waals surface area contributed by atoms with Crippen LogP contribution in [0.15, 0.2) is 18.2 Å². The lowest BCUT2D eigenvalue weighted by molar-refractivity contribution is -0.274. The lowest BCUT2D eigenvalue weighted by Gasteiger charge is -2.10. The molecular formula is C9H5F3N2O3. The van der Waals surface area contributed by atoms with Crippen molar-refractivity contribution in [3.63, 3.8) is 0 Å². The normalized spacial score (nSPS) is 10.5. The number of hydrogen-bond acceptors (Lipinski definition) is 3. The van der Waals surface area contributed by atoms with Crippen LogP contribution in [0.5, 0.6) is 5.75 Å². The molecule has 0 heterocycles. The van der Waals surface area contributed by atoms with Crippen LogP contribution in [0.3, 0.4) is 0 Å². The molecule has 0 atom stereocenters. The maximum Gasteiger partial charge on any atom is 0.573 e. The van der Waals surface area contributed by atoms with Crippen molar-refractivity contribution in [1.29, 1.82) is 5.26 Å². The number of benzene rings is 1. The van der Waals surface area contributed by atoms with E-state index < -0.39 is 18.2 Å². The quantitative estimate of drug-likeness (QED) is 0.839. The van der Waals surface area contributed by atoms with E-state index in [1.165, 1.54) is 0 Å². The van der Waals surface area contributed by atoms with E-state index >= 15 is 0 Å². The number of amides is 1. The van der Waals surface area contributed by atoms with Crippen LogP contribution in [0, 0.1) is 11.3 Å². The molecule has 0 aliphatic rings. The van der Waals surface area contributed by atoms with Gasteiger partial charge in [0.15, 0.2) is 0 Å². The van der Waals surface area contributed by atoms with Crippen LogP contribution in [0.4, 0.5) is 23.7 Å². The van der Waals surface area contributed by atoms with E-state index in [-0.39, 0.29) is 11.3 Å². The van der Waals surface area contributed by atoms with Crippen molar-refractivity contribution in [2.75, 3.05) is 5.32 Å². The second-order valence-corrected chi connectivity index (χ2v) is 2.80. The number of rotatable bonds is 2. The molecule has 0 radical (unpaired) electrons. The molecule has 90 valence electrons. The fourth-order valence-corrected chi connectivity index (χ4v) is 1.04. The van der Waals surface area contributed by atoms with Crippen LogP contribution in [-0.4, -0.2) is 17.6 Å². The maximum atomic E-state index is 11.9. The molecule has 8 heteroatoms. The van der Waals surface area contributed by atoms with Crippen LogP contribution in [-0.2, 0) is 0 Å². The highest BCUT2D eigenvalue weighted by molar-refractivity contribution is 5.85. The van der Waals surface area contributed by atoms with Gasteiger partial charge >= 0.3 is 12.5 Å². The minimum absolute atomic E-state index is 0.116. The molecule has 0 aromatic heterocycles. The largest absolute Gasteiger partial charge is 0.573 e. The first kappa shape index (κ1) is 12.6.